The number of hydrogen-bond acceptors (Lipinski definition) is 4. The van der Waals surface area contributed by atoms with Crippen LogP contribution in [-0.2, 0) is 14.0 Å². The first-order valence-electron chi connectivity index (χ1n) is 16.2. The lowest BCUT2D eigenvalue weighted by Crippen LogP contribution is -2.66. The van der Waals surface area contributed by atoms with E-state index in [0.29, 0.717) is 32.1 Å². The summed E-state index contributed by atoms with van der Waals surface area (Å²) in [7, 11) is -2.88. The fourth-order valence-electron chi connectivity index (χ4n) is 6.57. The van der Waals surface area contributed by atoms with E-state index in [1.165, 1.54) is 20.5 Å². The molecule has 4 aromatic rings. The number of carboxylic acids is 1. The molecule has 0 aliphatic heterocycles. The van der Waals surface area contributed by atoms with E-state index in [9.17, 15) is 9.59 Å². The summed E-state index contributed by atoms with van der Waals surface area (Å²) in [5.41, 5.74) is 2.99. The molecule has 6 heteroatoms. The van der Waals surface area contributed by atoms with Crippen LogP contribution in [0.2, 0.25) is 5.04 Å². The van der Waals surface area contributed by atoms with Crippen molar-refractivity contribution in [2.24, 2.45) is 0 Å². The summed E-state index contributed by atoms with van der Waals surface area (Å²) < 4.78 is 8.93. The van der Waals surface area contributed by atoms with Crippen molar-refractivity contribution < 1.29 is 19.1 Å². The number of allylic oxidation sites excluding steroid dienone is 5. The molecule has 1 aliphatic rings. The molecule has 4 nitrogen and oxygen atoms in total. The number of aliphatic carboxylic acids is 1. The molecule has 5 rings (SSSR count). The van der Waals surface area contributed by atoms with Crippen molar-refractivity contribution in [1.82, 2.24) is 0 Å². The SMILES string of the molecule is CC1=C(C/C=C\CCCC(=O)O)C(=CC[C@@H](O[Si](c2ccccc2)(c2ccccc2)C(C)(C)C)c2cc3ccccc3s2)C(=O)C1. The molecular weight excluding hydrogens is 605 g/mol. The van der Waals surface area contributed by atoms with Crippen molar-refractivity contribution >= 4 is 51.9 Å². The molecule has 1 N–H and O–H groups in total. The van der Waals surface area contributed by atoms with E-state index in [-0.39, 0.29) is 23.3 Å². The van der Waals surface area contributed by atoms with Gasteiger partial charge in [0, 0.05) is 28.0 Å². The van der Waals surface area contributed by atoms with Crippen LogP contribution in [-0.4, -0.2) is 25.2 Å². The first kappa shape index (κ1) is 33.5. The fraction of sp³-hybridized carbons (Fsp3) is 0.300. The second kappa shape index (κ2) is 14.7. The van der Waals surface area contributed by atoms with E-state index < -0.39 is 14.3 Å². The van der Waals surface area contributed by atoms with E-state index in [4.69, 9.17) is 9.53 Å². The van der Waals surface area contributed by atoms with Gasteiger partial charge in [-0.15, -0.1) is 11.3 Å². The van der Waals surface area contributed by atoms with Gasteiger partial charge in [0.2, 0.25) is 0 Å². The van der Waals surface area contributed by atoms with E-state index in [1.54, 1.807) is 11.3 Å². The highest BCUT2D eigenvalue weighted by molar-refractivity contribution is 7.19. The number of carbonyl (C=O) groups excluding carboxylic acids is 1. The third-order valence-electron chi connectivity index (χ3n) is 8.85. The second-order valence-electron chi connectivity index (χ2n) is 13.1. The molecule has 1 aromatic heterocycles. The molecule has 0 radical (unpaired) electrons. The predicted octanol–water partition coefficient (Wildman–Crippen LogP) is 9.33. The maximum atomic E-state index is 13.4. The van der Waals surface area contributed by atoms with Crippen LogP contribution in [0.25, 0.3) is 10.1 Å². The normalized spacial score (nSPS) is 15.8. The van der Waals surface area contributed by atoms with Gasteiger partial charge in [-0.05, 0) is 71.1 Å². The predicted molar refractivity (Wildman–Crippen MR) is 194 cm³/mol. The minimum atomic E-state index is -2.88. The zero-order valence-corrected chi connectivity index (χ0v) is 29.1. The van der Waals surface area contributed by atoms with Gasteiger partial charge >= 0.3 is 5.97 Å². The number of benzene rings is 3. The molecule has 238 valence electrons. The number of rotatable bonds is 13. The number of thiophene rings is 1. The minimum Gasteiger partial charge on any atom is -0.481 e. The maximum absolute atomic E-state index is 13.4. The molecule has 0 bridgehead atoms. The Morgan fingerprint density at radius 1 is 0.957 bits per heavy atom. The topological polar surface area (TPSA) is 63.6 Å². The lowest BCUT2D eigenvalue weighted by atomic mass is 10.0. The highest BCUT2D eigenvalue weighted by Gasteiger charge is 2.51. The van der Waals surface area contributed by atoms with Gasteiger partial charge in [0.05, 0.1) is 6.10 Å². The Hall–Kier alpha value is -3.84. The summed E-state index contributed by atoms with van der Waals surface area (Å²) in [5, 5.41) is 12.4. The van der Waals surface area contributed by atoms with E-state index in [1.807, 2.05) is 6.08 Å². The Kier molecular flexibility index (Phi) is 10.7. The van der Waals surface area contributed by atoms with Crippen molar-refractivity contribution in [2.45, 2.75) is 77.4 Å². The Morgan fingerprint density at radius 2 is 1.59 bits per heavy atom. The molecule has 1 aliphatic carbocycles. The van der Waals surface area contributed by atoms with Crippen LogP contribution in [0, 0.1) is 0 Å². The first-order chi connectivity index (χ1) is 22.1. The summed E-state index contributed by atoms with van der Waals surface area (Å²) in [6, 6.07) is 32.2. The zero-order valence-electron chi connectivity index (χ0n) is 27.3. The maximum Gasteiger partial charge on any atom is 0.303 e. The fourth-order valence-corrected chi connectivity index (χ4v) is 12.4. The number of Topliss-reactive ketones (excluding diaryl/α,β-unsaturated/α-hetero) is 1. The standard InChI is InChI=1S/C40H44O4SSi/c1-29-27-35(41)34(33(29)22-13-5-6-14-24-39(42)43)25-26-36(38-28-30-17-15-16-23-37(30)45-38)44-46(40(2,3)4,31-18-9-7-10-19-31)32-20-11-8-12-21-32/h5,7-13,15-21,23,25,28,36H,6,14,22,24,26-27H2,1-4H3,(H,42,43)/b13-5-,34-25?/t36-/m1/s1. The molecule has 1 atom stereocenters. The van der Waals surface area contributed by atoms with Crippen LogP contribution in [0.3, 0.4) is 0 Å². The van der Waals surface area contributed by atoms with Gasteiger partial charge < -0.3 is 9.53 Å². The Labute approximate surface area is 278 Å². The Bertz CT molecular complexity index is 1690. The van der Waals surface area contributed by atoms with Crippen molar-refractivity contribution in [2.75, 3.05) is 0 Å². The van der Waals surface area contributed by atoms with Gasteiger partial charge in [0.15, 0.2) is 5.78 Å². The van der Waals surface area contributed by atoms with Gasteiger partial charge in [0.25, 0.3) is 8.32 Å². The average Bonchev–Trinajstić information content (AvgIpc) is 3.58. The smallest absolute Gasteiger partial charge is 0.303 e. The molecule has 0 fully saturated rings. The van der Waals surface area contributed by atoms with Crippen LogP contribution >= 0.6 is 11.3 Å². The first-order valence-corrected chi connectivity index (χ1v) is 18.9. The van der Waals surface area contributed by atoms with E-state index in [0.717, 1.165) is 21.6 Å². The molecule has 0 saturated heterocycles. The van der Waals surface area contributed by atoms with Crippen molar-refractivity contribution in [1.29, 1.82) is 0 Å². The third-order valence-corrected chi connectivity index (χ3v) is 15.1. The summed E-state index contributed by atoms with van der Waals surface area (Å²) in [6.07, 6.45) is 9.17. The van der Waals surface area contributed by atoms with E-state index >= 15 is 0 Å². The number of fused-ring (bicyclic) bond motifs is 1. The van der Waals surface area contributed by atoms with Crippen molar-refractivity contribution in [3.05, 3.63) is 131 Å². The highest BCUT2D eigenvalue weighted by atomic mass is 32.1. The van der Waals surface area contributed by atoms with Gasteiger partial charge in [-0.2, -0.15) is 0 Å². The van der Waals surface area contributed by atoms with Gasteiger partial charge in [-0.3, -0.25) is 9.59 Å². The largest absolute Gasteiger partial charge is 0.481 e. The molecule has 46 heavy (non-hydrogen) atoms. The third kappa shape index (κ3) is 7.41. The van der Waals surface area contributed by atoms with Crippen LogP contribution < -0.4 is 10.4 Å². The number of hydrogen-bond donors (Lipinski definition) is 1. The molecule has 0 unspecified atom stereocenters. The number of unbranched alkanes of at least 4 members (excludes halogenated alkanes) is 1. The van der Waals surface area contributed by atoms with Gasteiger partial charge in [-0.1, -0.05) is 123 Å². The highest BCUT2D eigenvalue weighted by Crippen LogP contribution is 2.43. The lowest BCUT2D eigenvalue weighted by Gasteiger charge is -2.45. The Morgan fingerprint density at radius 3 is 2.20 bits per heavy atom. The van der Waals surface area contributed by atoms with Crippen LogP contribution in [0.15, 0.2) is 126 Å². The van der Waals surface area contributed by atoms with Crippen molar-refractivity contribution in [3.63, 3.8) is 0 Å². The van der Waals surface area contributed by atoms with Gasteiger partial charge in [-0.25, -0.2) is 0 Å². The molecule has 0 amide bonds. The second-order valence-corrected chi connectivity index (χ2v) is 18.5. The Balaban J connectivity index is 1.55. The van der Waals surface area contributed by atoms with Crippen LogP contribution in [0.4, 0.5) is 0 Å². The summed E-state index contributed by atoms with van der Waals surface area (Å²) in [6.45, 7) is 8.95. The summed E-state index contributed by atoms with van der Waals surface area (Å²) in [4.78, 5) is 25.4. The van der Waals surface area contributed by atoms with E-state index in [2.05, 4.69) is 131 Å². The quantitative estimate of drug-likeness (QED) is 0.0679. The van der Waals surface area contributed by atoms with Gasteiger partial charge in [0.1, 0.15) is 0 Å². The molecule has 0 saturated carbocycles. The number of ketones is 1. The number of carboxylic acid groups (broad SMARTS) is 1. The van der Waals surface area contributed by atoms with Crippen molar-refractivity contribution in [3.8, 4) is 0 Å². The molecule has 0 spiro atoms. The summed E-state index contributed by atoms with van der Waals surface area (Å²) >= 11 is 1.77. The minimum absolute atomic E-state index is 0.160. The monoisotopic (exact) mass is 648 g/mol. The summed E-state index contributed by atoms with van der Waals surface area (Å²) in [5.74, 6) is -0.612. The lowest BCUT2D eigenvalue weighted by molar-refractivity contribution is -0.137. The van der Waals surface area contributed by atoms with Crippen LogP contribution in [0.1, 0.15) is 77.2 Å². The zero-order chi connectivity index (χ0) is 32.7. The molecular formula is C40H44O4SSi. The van der Waals surface area contributed by atoms with Crippen LogP contribution in [0.5, 0.6) is 0 Å². The molecule has 3 aromatic carbocycles. The average molecular weight is 649 g/mol. The number of carbonyl (C=O) groups is 2. The molecule has 1 heterocycles.